The molecule has 0 spiro atoms. The van der Waals surface area contributed by atoms with Gasteiger partial charge in [0.15, 0.2) is 0 Å². The van der Waals surface area contributed by atoms with Gasteiger partial charge in [0.25, 0.3) is 0 Å². The van der Waals surface area contributed by atoms with Crippen molar-refractivity contribution < 1.29 is 0 Å². The highest BCUT2D eigenvalue weighted by molar-refractivity contribution is 6.30. The predicted octanol–water partition coefficient (Wildman–Crippen LogP) is 3.15. The number of nitrogens with zero attached hydrogens (tertiary/aromatic N) is 2. The van der Waals surface area contributed by atoms with Crippen molar-refractivity contribution in [1.29, 1.82) is 0 Å². The summed E-state index contributed by atoms with van der Waals surface area (Å²) in [5, 5.41) is 8.51. The molecule has 2 rings (SSSR count). The van der Waals surface area contributed by atoms with Crippen molar-refractivity contribution >= 4 is 11.6 Å². The highest BCUT2D eigenvalue weighted by atomic mass is 35.5. The van der Waals surface area contributed by atoms with Gasteiger partial charge in [-0.1, -0.05) is 23.7 Å². The first kappa shape index (κ1) is 14.1. The Morgan fingerprint density at radius 1 is 1.32 bits per heavy atom. The summed E-state index contributed by atoms with van der Waals surface area (Å²) >= 11 is 5.88. The fraction of sp³-hybridized carbons (Fsp3) is 0.400. The molecule has 1 N–H and O–H groups in total. The summed E-state index contributed by atoms with van der Waals surface area (Å²) in [6, 6.07) is 10.5. The maximum atomic E-state index is 5.88. The molecule has 2 aromatic rings. The Labute approximate surface area is 119 Å². The van der Waals surface area contributed by atoms with Crippen molar-refractivity contribution in [3.8, 4) is 0 Å². The Balaban J connectivity index is 1.64. The van der Waals surface area contributed by atoms with E-state index in [1.165, 1.54) is 5.56 Å². The number of aryl methyl sites for hydroxylation is 1. The SMILES string of the molecule is CC(Cc1ccc(Cl)cc1)NCCCn1cccn1. The normalized spacial score (nSPS) is 12.5. The third-order valence-electron chi connectivity index (χ3n) is 3.07. The highest BCUT2D eigenvalue weighted by Crippen LogP contribution is 2.10. The standard InChI is InChI=1S/C15H20ClN3/c1-13(12-14-4-6-15(16)7-5-14)17-8-2-10-19-11-3-9-18-19/h3-7,9,11,13,17H,2,8,10,12H2,1H3. The fourth-order valence-electron chi connectivity index (χ4n) is 2.07. The van der Waals surface area contributed by atoms with E-state index in [4.69, 9.17) is 11.6 Å². The van der Waals surface area contributed by atoms with Crippen LogP contribution in [0.2, 0.25) is 5.02 Å². The van der Waals surface area contributed by atoms with Crippen LogP contribution in [0, 0.1) is 0 Å². The molecule has 0 amide bonds. The number of halogens is 1. The van der Waals surface area contributed by atoms with Gasteiger partial charge in [0.05, 0.1) is 0 Å². The summed E-state index contributed by atoms with van der Waals surface area (Å²) in [6.45, 7) is 4.19. The zero-order valence-corrected chi connectivity index (χ0v) is 12.0. The summed E-state index contributed by atoms with van der Waals surface area (Å²) < 4.78 is 1.96. The molecule has 1 unspecified atom stereocenters. The van der Waals surface area contributed by atoms with Gasteiger partial charge in [0.2, 0.25) is 0 Å². The van der Waals surface area contributed by atoms with Crippen LogP contribution in [0.1, 0.15) is 18.9 Å². The Bertz CT molecular complexity index is 465. The minimum atomic E-state index is 0.471. The van der Waals surface area contributed by atoms with E-state index in [1.807, 2.05) is 35.3 Å². The maximum absolute atomic E-state index is 5.88. The monoisotopic (exact) mass is 277 g/mol. The molecule has 1 aromatic heterocycles. The molecule has 102 valence electrons. The van der Waals surface area contributed by atoms with Gasteiger partial charge in [-0.25, -0.2) is 0 Å². The Hall–Kier alpha value is -1.32. The van der Waals surface area contributed by atoms with Crippen LogP contribution in [-0.2, 0) is 13.0 Å². The largest absolute Gasteiger partial charge is 0.314 e. The zero-order chi connectivity index (χ0) is 13.5. The van der Waals surface area contributed by atoms with E-state index in [1.54, 1.807) is 0 Å². The molecule has 19 heavy (non-hydrogen) atoms. The van der Waals surface area contributed by atoms with Crippen molar-refractivity contribution in [3.05, 3.63) is 53.3 Å². The molecule has 0 aliphatic rings. The van der Waals surface area contributed by atoms with Crippen LogP contribution in [0.15, 0.2) is 42.7 Å². The van der Waals surface area contributed by atoms with Crippen LogP contribution in [0.5, 0.6) is 0 Å². The van der Waals surface area contributed by atoms with Crippen LogP contribution in [0.25, 0.3) is 0 Å². The van der Waals surface area contributed by atoms with Gasteiger partial charge < -0.3 is 5.32 Å². The van der Waals surface area contributed by atoms with Crippen LogP contribution in [0.4, 0.5) is 0 Å². The Morgan fingerprint density at radius 3 is 2.79 bits per heavy atom. The molecule has 0 fully saturated rings. The molecule has 3 nitrogen and oxygen atoms in total. The van der Waals surface area contributed by atoms with Crippen molar-refractivity contribution in [3.63, 3.8) is 0 Å². The third kappa shape index (κ3) is 5.05. The topological polar surface area (TPSA) is 29.9 Å². The second-order valence-electron chi connectivity index (χ2n) is 4.81. The quantitative estimate of drug-likeness (QED) is 0.788. The smallest absolute Gasteiger partial charge is 0.0489 e. The lowest BCUT2D eigenvalue weighted by Gasteiger charge is -2.14. The fourth-order valence-corrected chi connectivity index (χ4v) is 2.19. The average Bonchev–Trinajstić information content (AvgIpc) is 2.91. The van der Waals surface area contributed by atoms with E-state index in [9.17, 15) is 0 Å². The summed E-state index contributed by atoms with van der Waals surface area (Å²) in [5.41, 5.74) is 1.32. The zero-order valence-electron chi connectivity index (χ0n) is 11.2. The molecule has 0 saturated heterocycles. The number of hydrogen-bond donors (Lipinski definition) is 1. The van der Waals surface area contributed by atoms with E-state index in [2.05, 4.69) is 29.5 Å². The number of aromatic nitrogens is 2. The van der Waals surface area contributed by atoms with Gasteiger partial charge in [-0.2, -0.15) is 5.10 Å². The summed E-state index contributed by atoms with van der Waals surface area (Å²) in [7, 11) is 0. The van der Waals surface area contributed by atoms with Gasteiger partial charge in [0, 0.05) is 30.0 Å². The van der Waals surface area contributed by atoms with Crippen molar-refractivity contribution in [2.24, 2.45) is 0 Å². The molecular formula is C15H20ClN3. The number of nitrogens with one attached hydrogen (secondary N) is 1. The van der Waals surface area contributed by atoms with Crippen LogP contribution in [-0.4, -0.2) is 22.4 Å². The molecule has 0 radical (unpaired) electrons. The van der Waals surface area contributed by atoms with Crippen molar-refractivity contribution in [1.82, 2.24) is 15.1 Å². The van der Waals surface area contributed by atoms with E-state index < -0.39 is 0 Å². The summed E-state index contributed by atoms with van der Waals surface area (Å²) in [4.78, 5) is 0. The number of hydrogen-bond acceptors (Lipinski definition) is 2. The first-order valence-corrected chi connectivity index (χ1v) is 7.07. The van der Waals surface area contributed by atoms with Crippen molar-refractivity contribution in [2.45, 2.75) is 32.4 Å². The predicted molar refractivity (Wildman–Crippen MR) is 79.5 cm³/mol. The molecule has 0 bridgehead atoms. The van der Waals surface area contributed by atoms with E-state index >= 15 is 0 Å². The molecular weight excluding hydrogens is 258 g/mol. The molecule has 0 aliphatic heterocycles. The average molecular weight is 278 g/mol. The molecule has 1 aromatic carbocycles. The van der Waals surface area contributed by atoms with Crippen LogP contribution < -0.4 is 5.32 Å². The second kappa shape index (κ2) is 7.31. The van der Waals surface area contributed by atoms with E-state index in [0.29, 0.717) is 6.04 Å². The van der Waals surface area contributed by atoms with E-state index in [0.717, 1.165) is 31.0 Å². The molecule has 4 heteroatoms. The van der Waals surface area contributed by atoms with Crippen molar-refractivity contribution in [2.75, 3.05) is 6.54 Å². The minimum Gasteiger partial charge on any atom is -0.314 e. The van der Waals surface area contributed by atoms with Gasteiger partial charge in [-0.3, -0.25) is 4.68 Å². The van der Waals surface area contributed by atoms with Gasteiger partial charge in [-0.05, 0) is 50.1 Å². The molecule has 1 atom stereocenters. The van der Waals surface area contributed by atoms with Gasteiger partial charge in [0.1, 0.15) is 0 Å². The van der Waals surface area contributed by atoms with Crippen LogP contribution >= 0.6 is 11.6 Å². The minimum absolute atomic E-state index is 0.471. The Kier molecular flexibility index (Phi) is 5.43. The lowest BCUT2D eigenvalue weighted by Crippen LogP contribution is -2.29. The maximum Gasteiger partial charge on any atom is 0.0489 e. The second-order valence-corrected chi connectivity index (χ2v) is 5.24. The summed E-state index contributed by atoms with van der Waals surface area (Å²) in [6.07, 6.45) is 5.93. The summed E-state index contributed by atoms with van der Waals surface area (Å²) in [5.74, 6) is 0. The van der Waals surface area contributed by atoms with Gasteiger partial charge in [-0.15, -0.1) is 0 Å². The first-order chi connectivity index (χ1) is 9.24. The first-order valence-electron chi connectivity index (χ1n) is 6.69. The Morgan fingerprint density at radius 2 is 2.11 bits per heavy atom. The highest BCUT2D eigenvalue weighted by Gasteiger charge is 2.02. The third-order valence-corrected chi connectivity index (χ3v) is 3.32. The molecule has 0 aliphatic carbocycles. The molecule has 0 saturated carbocycles. The van der Waals surface area contributed by atoms with Gasteiger partial charge >= 0.3 is 0 Å². The number of rotatable bonds is 7. The van der Waals surface area contributed by atoms with E-state index in [-0.39, 0.29) is 0 Å². The lowest BCUT2D eigenvalue weighted by molar-refractivity contribution is 0.495. The lowest BCUT2D eigenvalue weighted by atomic mass is 10.1. The van der Waals surface area contributed by atoms with Crippen LogP contribution in [0.3, 0.4) is 0 Å². The molecule has 1 heterocycles. The number of benzene rings is 1.